The van der Waals surface area contributed by atoms with E-state index in [0.29, 0.717) is 34.5 Å². The molecule has 0 saturated heterocycles. The summed E-state index contributed by atoms with van der Waals surface area (Å²) in [6, 6.07) is 12.3. The Kier molecular flexibility index (Phi) is 4.64. The molecule has 1 heterocycles. The van der Waals surface area contributed by atoms with Crippen LogP contribution in [0.1, 0.15) is 10.4 Å². The summed E-state index contributed by atoms with van der Waals surface area (Å²) in [6.07, 6.45) is -0.228. The van der Waals surface area contributed by atoms with Crippen molar-refractivity contribution >= 4 is 29.1 Å². The molecule has 1 atom stereocenters. The molecule has 0 N–H and O–H groups in total. The number of hydrogen-bond acceptors (Lipinski definition) is 3. The van der Waals surface area contributed by atoms with Crippen molar-refractivity contribution in [3.63, 3.8) is 0 Å². The number of fused-ring (bicyclic) bond motifs is 1. The first-order valence-electron chi connectivity index (χ1n) is 7.13. The number of benzene rings is 2. The van der Waals surface area contributed by atoms with E-state index in [2.05, 4.69) is 0 Å². The van der Waals surface area contributed by atoms with E-state index in [4.69, 9.17) is 32.7 Å². The summed E-state index contributed by atoms with van der Waals surface area (Å²) in [7, 11) is 1.71. The minimum absolute atomic E-state index is 0.170. The van der Waals surface area contributed by atoms with Crippen LogP contribution in [0.5, 0.6) is 11.5 Å². The van der Waals surface area contributed by atoms with Gasteiger partial charge in [-0.15, -0.1) is 0 Å². The molecule has 4 nitrogen and oxygen atoms in total. The number of nitrogens with zero attached hydrogens (tertiary/aromatic N) is 1. The summed E-state index contributed by atoms with van der Waals surface area (Å²) in [5, 5.41) is 0.862. The highest BCUT2D eigenvalue weighted by molar-refractivity contribution is 6.35. The van der Waals surface area contributed by atoms with Gasteiger partial charge in [-0.05, 0) is 30.3 Å². The second kappa shape index (κ2) is 6.69. The molecule has 0 saturated carbocycles. The molecule has 1 aliphatic rings. The molecule has 120 valence electrons. The summed E-state index contributed by atoms with van der Waals surface area (Å²) >= 11 is 11.9. The number of rotatable bonds is 3. The molecule has 3 rings (SSSR count). The number of ether oxygens (including phenoxy) is 2. The van der Waals surface area contributed by atoms with Crippen molar-refractivity contribution in [1.82, 2.24) is 4.90 Å². The minimum Gasteiger partial charge on any atom is -0.486 e. The highest BCUT2D eigenvalue weighted by atomic mass is 35.5. The standard InChI is InChI=1S/C17H15Cl2NO3/c1-20(17(21)11-6-12(18)8-13(19)7-11)9-14-10-22-15-4-2-3-5-16(15)23-14/h2-8,14H,9-10H2,1H3/t14-/m1/s1. The van der Waals surface area contributed by atoms with Gasteiger partial charge in [0.05, 0.1) is 6.54 Å². The second-order valence-corrected chi connectivity index (χ2v) is 6.21. The van der Waals surface area contributed by atoms with Crippen LogP contribution in [-0.4, -0.2) is 37.1 Å². The number of hydrogen-bond donors (Lipinski definition) is 0. The van der Waals surface area contributed by atoms with Crippen LogP contribution >= 0.6 is 23.2 Å². The predicted molar refractivity (Wildman–Crippen MR) is 89.8 cm³/mol. The molecule has 23 heavy (non-hydrogen) atoms. The van der Waals surface area contributed by atoms with E-state index in [9.17, 15) is 4.79 Å². The molecule has 2 aromatic rings. The Morgan fingerprint density at radius 3 is 2.52 bits per heavy atom. The Morgan fingerprint density at radius 2 is 1.83 bits per heavy atom. The van der Waals surface area contributed by atoms with Crippen LogP contribution in [0.2, 0.25) is 10.0 Å². The molecule has 0 radical (unpaired) electrons. The highest BCUT2D eigenvalue weighted by Gasteiger charge is 2.24. The summed E-state index contributed by atoms with van der Waals surface area (Å²) in [5.74, 6) is 1.24. The maximum atomic E-state index is 12.5. The lowest BCUT2D eigenvalue weighted by atomic mass is 10.2. The average Bonchev–Trinajstić information content (AvgIpc) is 2.53. The number of amides is 1. The van der Waals surface area contributed by atoms with Gasteiger partial charge in [0.2, 0.25) is 0 Å². The third-order valence-electron chi connectivity index (χ3n) is 3.50. The van der Waals surface area contributed by atoms with E-state index in [0.717, 1.165) is 5.75 Å². The van der Waals surface area contributed by atoms with Crippen LogP contribution in [0.25, 0.3) is 0 Å². The van der Waals surface area contributed by atoms with Crippen LogP contribution in [-0.2, 0) is 0 Å². The average molecular weight is 352 g/mol. The summed E-state index contributed by atoms with van der Waals surface area (Å²) in [4.78, 5) is 14.1. The number of para-hydroxylation sites is 2. The zero-order chi connectivity index (χ0) is 16.4. The van der Waals surface area contributed by atoms with Gasteiger partial charge in [-0.25, -0.2) is 0 Å². The van der Waals surface area contributed by atoms with Crippen molar-refractivity contribution in [3.05, 3.63) is 58.1 Å². The van der Waals surface area contributed by atoms with E-state index in [1.807, 2.05) is 24.3 Å². The van der Waals surface area contributed by atoms with Crippen molar-refractivity contribution in [2.45, 2.75) is 6.10 Å². The third-order valence-corrected chi connectivity index (χ3v) is 3.94. The number of halogens is 2. The molecule has 2 aromatic carbocycles. The Hall–Kier alpha value is -1.91. The van der Waals surface area contributed by atoms with Gasteiger partial charge in [0.25, 0.3) is 5.91 Å². The predicted octanol–water partition coefficient (Wildman–Crippen LogP) is 3.91. The van der Waals surface area contributed by atoms with Gasteiger partial charge in [-0.2, -0.15) is 0 Å². The molecule has 0 aromatic heterocycles. The minimum atomic E-state index is -0.228. The van der Waals surface area contributed by atoms with Crippen molar-refractivity contribution in [1.29, 1.82) is 0 Å². The topological polar surface area (TPSA) is 38.8 Å². The molecule has 0 unspecified atom stereocenters. The fraction of sp³-hybridized carbons (Fsp3) is 0.235. The molecule has 0 spiro atoms. The van der Waals surface area contributed by atoms with Crippen molar-refractivity contribution in [3.8, 4) is 11.5 Å². The fourth-order valence-corrected chi connectivity index (χ4v) is 2.97. The van der Waals surface area contributed by atoms with Crippen LogP contribution < -0.4 is 9.47 Å². The van der Waals surface area contributed by atoms with Gasteiger partial charge in [0, 0.05) is 22.7 Å². The van der Waals surface area contributed by atoms with E-state index in [-0.39, 0.29) is 12.0 Å². The van der Waals surface area contributed by atoms with Crippen LogP contribution in [0.4, 0.5) is 0 Å². The van der Waals surface area contributed by atoms with Gasteiger partial charge in [0.15, 0.2) is 17.6 Å². The van der Waals surface area contributed by atoms with Gasteiger partial charge < -0.3 is 14.4 Å². The first kappa shape index (κ1) is 16.0. The first-order valence-corrected chi connectivity index (χ1v) is 7.88. The number of carbonyl (C=O) groups excluding carboxylic acids is 1. The zero-order valence-corrected chi connectivity index (χ0v) is 14.0. The number of carbonyl (C=O) groups is 1. The van der Waals surface area contributed by atoms with Crippen molar-refractivity contribution in [2.24, 2.45) is 0 Å². The lowest BCUT2D eigenvalue weighted by Crippen LogP contribution is -2.41. The maximum absolute atomic E-state index is 12.5. The van der Waals surface area contributed by atoms with E-state index in [1.54, 1.807) is 30.1 Å². The highest BCUT2D eigenvalue weighted by Crippen LogP contribution is 2.31. The van der Waals surface area contributed by atoms with Gasteiger partial charge >= 0.3 is 0 Å². The van der Waals surface area contributed by atoms with Crippen LogP contribution in [0.15, 0.2) is 42.5 Å². The maximum Gasteiger partial charge on any atom is 0.253 e. The van der Waals surface area contributed by atoms with E-state index >= 15 is 0 Å². The summed E-state index contributed by atoms with van der Waals surface area (Å²) in [5.41, 5.74) is 0.446. The van der Waals surface area contributed by atoms with Crippen molar-refractivity contribution in [2.75, 3.05) is 20.2 Å². The Morgan fingerprint density at radius 1 is 1.17 bits per heavy atom. The molecule has 0 fully saturated rings. The molecule has 6 heteroatoms. The van der Waals surface area contributed by atoms with Gasteiger partial charge in [-0.1, -0.05) is 35.3 Å². The Bertz CT molecular complexity index is 715. The SMILES string of the molecule is CN(C[C@@H]1COc2ccccc2O1)C(=O)c1cc(Cl)cc(Cl)c1. The van der Waals surface area contributed by atoms with Crippen molar-refractivity contribution < 1.29 is 14.3 Å². The zero-order valence-electron chi connectivity index (χ0n) is 12.5. The Balaban J connectivity index is 1.67. The van der Waals surface area contributed by atoms with Crippen LogP contribution in [0, 0.1) is 0 Å². The molecule has 0 aliphatic carbocycles. The lowest BCUT2D eigenvalue weighted by molar-refractivity contribution is 0.0521. The second-order valence-electron chi connectivity index (χ2n) is 5.34. The molecular weight excluding hydrogens is 337 g/mol. The lowest BCUT2D eigenvalue weighted by Gasteiger charge is -2.29. The number of likely N-dealkylation sites (N-methyl/N-ethyl adjacent to an activating group) is 1. The monoisotopic (exact) mass is 351 g/mol. The third kappa shape index (κ3) is 3.71. The van der Waals surface area contributed by atoms with Crippen LogP contribution in [0.3, 0.4) is 0 Å². The quantitative estimate of drug-likeness (QED) is 0.841. The molecule has 0 bridgehead atoms. The smallest absolute Gasteiger partial charge is 0.253 e. The summed E-state index contributed by atoms with van der Waals surface area (Å²) in [6.45, 7) is 0.794. The van der Waals surface area contributed by atoms with Gasteiger partial charge in [-0.3, -0.25) is 4.79 Å². The summed E-state index contributed by atoms with van der Waals surface area (Å²) < 4.78 is 11.5. The Labute approximate surface area is 144 Å². The normalized spacial score (nSPS) is 16.0. The fourth-order valence-electron chi connectivity index (χ4n) is 2.44. The van der Waals surface area contributed by atoms with E-state index < -0.39 is 0 Å². The van der Waals surface area contributed by atoms with Gasteiger partial charge in [0.1, 0.15) is 6.61 Å². The largest absolute Gasteiger partial charge is 0.486 e. The molecular formula is C17H15Cl2NO3. The first-order chi connectivity index (χ1) is 11.0. The molecule has 1 aliphatic heterocycles. The van der Waals surface area contributed by atoms with E-state index in [1.165, 1.54) is 0 Å². The molecule has 1 amide bonds.